The molecular weight excluding hydrogens is 230 g/mol. The third-order valence-electron chi connectivity index (χ3n) is 2.46. The molecule has 0 aliphatic carbocycles. The molecule has 94 valence electrons. The van der Waals surface area contributed by atoms with Crippen LogP contribution in [0.5, 0.6) is 0 Å². The number of carbonyl (C=O) groups is 1. The van der Waals surface area contributed by atoms with Crippen molar-refractivity contribution in [1.82, 2.24) is 4.98 Å². The van der Waals surface area contributed by atoms with Gasteiger partial charge in [0.05, 0.1) is 13.7 Å². The van der Waals surface area contributed by atoms with Crippen LogP contribution in [0.3, 0.4) is 0 Å². The lowest BCUT2D eigenvalue weighted by atomic mass is 10.2. The molecule has 0 radical (unpaired) electrons. The van der Waals surface area contributed by atoms with Crippen LogP contribution in [0, 0.1) is 0 Å². The number of aromatic nitrogens is 1. The smallest absolute Gasteiger partial charge is 0.411 e. The highest BCUT2D eigenvalue weighted by Crippen LogP contribution is 2.14. The summed E-state index contributed by atoms with van der Waals surface area (Å²) in [6.45, 7) is 0.733. The molecule has 2 aromatic rings. The van der Waals surface area contributed by atoms with Gasteiger partial charge < -0.3 is 15.0 Å². The van der Waals surface area contributed by atoms with Gasteiger partial charge in [-0.3, -0.25) is 5.32 Å². The van der Waals surface area contributed by atoms with E-state index in [4.69, 9.17) is 0 Å². The van der Waals surface area contributed by atoms with Gasteiger partial charge in [0.2, 0.25) is 0 Å². The normalized spacial score (nSPS) is 9.83. The maximum absolute atomic E-state index is 11.0. The summed E-state index contributed by atoms with van der Waals surface area (Å²) >= 11 is 0. The molecular formula is C13H15N3O2. The minimum absolute atomic E-state index is 0.470. The number of aromatic amines is 1. The predicted octanol–water partition coefficient (Wildman–Crippen LogP) is 2.81. The van der Waals surface area contributed by atoms with E-state index in [9.17, 15) is 4.79 Å². The zero-order valence-electron chi connectivity index (χ0n) is 10.1. The first-order valence-corrected chi connectivity index (χ1v) is 5.59. The molecule has 1 heterocycles. The van der Waals surface area contributed by atoms with Gasteiger partial charge in [0.25, 0.3) is 0 Å². The van der Waals surface area contributed by atoms with E-state index >= 15 is 0 Å². The van der Waals surface area contributed by atoms with Crippen molar-refractivity contribution in [3.05, 3.63) is 48.3 Å². The Morgan fingerprint density at radius 2 is 1.94 bits per heavy atom. The van der Waals surface area contributed by atoms with E-state index < -0.39 is 6.09 Å². The lowest BCUT2D eigenvalue weighted by Gasteiger charge is -2.07. The van der Waals surface area contributed by atoms with Crippen molar-refractivity contribution < 1.29 is 9.53 Å². The molecule has 0 spiro atoms. The minimum Gasteiger partial charge on any atom is -0.453 e. The van der Waals surface area contributed by atoms with E-state index in [1.165, 1.54) is 7.11 Å². The summed E-state index contributed by atoms with van der Waals surface area (Å²) in [5.74, 6) is 0. The average molecular weight is 245 g/mol. The minimum atomic E-state index is -0.470. The number of nitrogens with one attached hydrogen (secondary N) is 3. The summed E-state index contributed by atoms with van der Waals surface area (Å²) in [5.41, 5.74) is 2.80. The molecule has 0 bridgehead atoms. The maximum atomic E-state index is 11.0. The SMILES string of the molecule is COC(=O)Nc1ccc(NCc2ccc[nH]2)cc1. The summed E-state index contributed by atoms with van der Waals surface area (Å²) in [4.78, 5) is 14.1. The molecule has 0 aliphatic rings. The van der Waals surface area contributed by atoms with Crippen molar-refractivity contribution in [1.29, 1.82) is 0 Å². The molecule has 0 unspecified atom stereocenters. The molecule has 1 aromatic heterocycles. The van der Waals surface area contributed by atoms with Crippen LogP contribution < -0.4 is 10.6 Å². The van der Waals surface area contributed by atoms with E-state index in [1.807, 2.05) is 42.6 Å². The van der Waals surface area contributed by atoms with Crippen LogP contribution in [0.15, 0.2) is 42.6 Å². The molecule has 0 saturated heterocycles. The van der Waals surface area contributed by atoms with Gasteiger partial charge in [-0.25, -0.2) is 4.79 Å². The fourth-order valence-corrected chi connectivity index (χ4v) is 1.52. The summed E-state index contributed by atoms with van der Waals surface area (Å²) in [6, 6.07) is 11.4. The van der Waals surface area contributed by atoms with Crippen LogP contribution in [-0.4, -0.2) is 18.2 Å². The number of hydrogen-bond acceptors (Lipinski definition) is 3. The van der Waals surface area contributed by atoms with E-state index in [2.05, 4.69) is 20.4 Å². The van der Waals surface area contributed by atoms with Crippen molar-refractivity contribution >= 4 is 17.5 Å². The topological polar surface area (TPSA) is 66.2 Å². The van der Waals surface area contributed by atoms with Crippen LogP contribution in [0.25, 0.3) is 0 Å². The average Bonchev–Trinajstić information content (AvgIpc) is 2.91. The van der Waals surface area contributed by atoms with Gasteiger partial charge in [0, 0.05) is 23.3 Å². The largest absolute Gasteiger partial charge is 0.453 e. The van der Waals surface area contributed by atoms with Crippen LogP contribution in [0.1, 0.15) is 5.69 Å². The van der Waals surface area contributed by atoms with Crippen LogP contribution in [0.2, 0.25) is 0 Å². The second kappa shape index (κ2) is 5.77. The second-order valence-corrected chi connectivity index (χ2v) is 3.74. The Hall–Kier alpha value is -2.43. The van der Waals surface area contributed by atoms with Gasteiger partial charge >= 0.3 is 6.09 Å². The van der Waals surface area contributed by atoms with Crippen molar-refractivity contribution in [2.75, 3.05) is 17.7 Å². The maximum Gasteiger partial charge on any atom is 0.411 e. The van der Waals surface area contributed by atoms with Crippen molar-refractivity contribution in [2.45, 2.75) is 6.54 Å². The molecule has 18 heavy (non-hydrogen) atoms. The summed E-state index contributed by atoms with van der Waals surface area (Å²) in [5, 5.41) is 5.86. The fraction of sp³-hybridized carbons (Fsp3) is 0.154. The quantitative estimate of drug-likeness (QED) is 0.776. The molecule has 0 fully saturated rings. The molecule has 1 aromatic carbocycles. The molecule has 0 atom stereocenters. The van der Waals surface area contributed by atoms with Gasteiger partial charge in [-0.15, -0.1) is 0 Å². The summed E-state index contributed by atoms with van der Waals surface area (Å²) < 4.78 is 4.51. The van der Waals surface area contributed by atoms with E-state index in [-0.39, 0.29) is 0 Å². The van der Waals surface area contributed by atoms with Gasteiger partial charge in [0.15, 0.2) is 0 Å². The van der Waals surface area contributed by atoms with E-state index in [0.29, 0.717) is 5.69 Å². The number of ether oxygens (including phenoxy) is 1. The molecule has 0 saturated carbocycles. The molecule has 5 heteroatoms. The van der Waals surface area contributed by atoms with Crippen LogP contribution in [-0.2, 0) is 11.3 Å². The Bertz CT molecular complexity index is 491. The number of rotatable bonds is 4. The lowest BCUT2D eigenvalue weighted by Crippen LogP contribution is -2.10. The fourth-order valence-electron chi connectivity index (χ4n) is 1.52. The monoisotopic (exact) mass is 245 g/mol. The highest BCUT2D eigenvalue weighted by molar-refractivity contribution is 5.84. The van der Waals surface area contributed by atoms with Crippen LogP contribution >= 0.6 is 0 Å². The van der Waals surface area contributed by atoms with Crippen molar-refractivity contribution in [3.8, 4) is 0 Å². The Kier molecular flexibility index (Phi) is 3.86. The number of H-pyrrole nitrogens is 1. The lowest BCUT2D eigenvalue weighted by molar-refractivity contribution is 0.187. The summed E-state index contributed by atoms with van der Waals surface area (Å²) in [6.07, 6.45) is 1.42. The van der Waals surface area contributed by atoms with Gasteiger partial charge in [-0.2, -0.15) is 0 Å². The Morgan fingerprint density at radius 1 is 1.22 bits per heavy atom. The number of hydrogen-bond donors (Lipinski definition) is 3. The first-order chi connectivity index (χ1) is 8.78. The molecule has 5 nitrogen and oxygen atoms in total. The predicted molar refractivity (Wildman–Crippen MR) is 70.6 cm³/mol. The van der Waals surface area contributed by atoms with Crippen molar-refractivity contribution in [3.63, 3.8) is 0 Å². The number of methoxy groups -OCH3 is 1. The van der Waals surface area contributed by atoms with E-state index in [1.54, 1.807) is 0 Å². The zero-order valence-corrected chi connectivity index (χ0v) is 10.1. The molecule has 0 aliphatic heterocycles. The first kappa shape index (κ1) is 12.0. The first-order valence-electron chi connectivity index (χ1n) is 5.59. The zero-order chi connectivity index (χ0) is 12.8. The highest BCUT2D eigenvalue weighted by atomic mass is 16.5. The van der Waals surface area contributed by atoms with Crippen LogP contribution in [0.4, 0.5) is 16.2 Å². The standard InChI is InChI=1S/C13H15N3O2/c1-18-13(17)16-11-6-4-10(5-7-11)15-9-12-3-2-8-14-12/h2-8,14-15H,9H2,1H3,(H,16,17). The Labute approximate surface area is 105 Å². The Morgan fingerprint density at radius 3 is 2.56 bits per heavy atom. The number of amides is 1. The van der Waals surface area contributed by atoms with E-state index in [0.717, 1.165) is 17.9 Å². The van der Waals surface area contributed by atoms with Gasteiger partial charge in [0.1, 0.15) is 0 Å². The van der Waals surface area contributed by atoms with Crippen molar-refractivity contribution in [2.24, 2.45) is 0 Å². The number of benzene rings is 1. The van der Waals surface area contributed by atoms with Gasteiger partial charge in [-0.1, -0.05) is 0 Å². The van der Waals surface area contributed by atoms with Gasteiger partial charge in [-0.05, 0) is 36.4 Å². The third-order valence-corrected chi connectivity index (χ3v) is 2.46. The summed E-state index contributed by atoms with van der Waals surface area (Å²) in [7, 11) is 1.33. The molecule has 3 N–H and O–H groups in total. The number of anilines is 2. The highest BCUT2D eigenvalue weighted by Gasteiger charge is 2.00. The molecule has 1 amide bonds. The third kappa shape index (κ3) is 3.28. The molecule has 2 rings (SSSR count). The second-order valence-electron chi connectivity index (χ2n) is 3.74. The number of carbonyl (C=O) groups excluding carboxylic acids is 1. The Balaban J connectivity index is 1.89.